The normalized spacial score (nSPS) is 17.4. The number of aryl methyl sites for hydroxylation is 2. The predicted molar refractivity (Wildman–Crippen MR) is 67.7 cm³/mol. The SMILES string of the molecule is CCCn1cc(C)nc1NC(C)CC1CC1. The molecule has 1 aliphatic rings. The van der Waals surface area contributed by atoms with Crippen LogP contribution in [0.3, 0.4) is 0 Å². The van der Waals surface area contributed by atoms with E-state index < -0.39 is 0 Å². The van der Waals surface area contributed by atoms with Crippen LogP contribution in [0, 0.1) is 12.8 Å². The molecular formula is C13H23N3. The van der Waals surface area contributed by atoms with Gasteiger partial charge in [0.15, 0.2) is 0 Å². The van der Waals surface area contributed by atoms with E-state index in [1.54, 1.807) is 0 Å². The van der Waals surface area contributed by atoms with E-state index in [4.69, 9.17) is 0 Å². The largest absolute Gasteiger partial charge is 0.353 e. The lowest BCUT2D eigenvalue weighted by Gasteiger charge is -2.15. The Morgan fingerprint density at radius 2 is 2.31 bits per heavy atom. The van der Waals surface area contributed by atoms with Crippen LogP contribution in [0.1, 0.15) is 45.2 Å². The third-order valence-electron chi connectivity index (χ3n) is 3.12. The second kappa shape index (κ2) is 4.89. The van der Waals surface area contributed by atoms with E-state index in [0.717, 1.165) is 30.5 Å². The van der Waals surface area contributed by atoms with Crippen LogP contribution in [-0.4, -0.2) is 15.6 Å². The monoisotopic (exact) mass is 221 g/mol. The first-order valence-corrected chi connectivity index (χ1v) is 6.49. The molecule has 1 aromatic heterocycles. The van der Waals surface area contributed by atoms with Gasteiger partial charge in [0.2, 0.25) is 5.95 Å². The Bertz CT molecular complexity index is 339. The van der Waals surface area contributed by atoms with Gasteiger partial charge in [-0.15, -0.1) is 0 Å². The van der Waals surface area contributed by atoms with Crippen molar-refractivity contribution in [3.8, 4) is 0 Å². The summed E-state index contributed by atoms with van der Waals surface area (Å²) in [6, 6.07) is 0.546. The van der Waals surface area contributed by atoms with Crippen LogP contribution in [0.15, 0.2) is 6.20 Å². The number of hydrogen-bond acceptors (Lipinski definition) is 2. The van der Waals surface area contributed by atoms with E-state index in [2.05, 4.69) is 41.8 Å². The van der Waals surface area contributed by atoms with Crippen LogP contribution in [0.2, 0.25) is 0 Å². The Balaban J connectivity index is 1.95. The van der Waals surface area contributed by atoms with Crippen molar-refractivity contribution in [1.82, 2.24) is 9.55 Å². The fourth-order valence-electron chi connectivity index (χ4n) is 2.21. The quantitative estimate of drug-likeness (QED) is 0.799. The molecule has 3 nitrogen and oxygen atoms in total. The van der Waals surface area contributed by atoms with Gasteiger partial charge in [-0.05, 0) is 32.6 Å². The zero-order chi connectivity index (χ0) is 11.5. The van der Waals surface area contributed by atoms with Gasteiger partial charge >= 0.3 is 0 Å². The fourth-order valence-corrected chi connectivity index (χ4v) is 2.21. The molecule has 1 N–H and O–H groups in total. The molecule has 0 bridgehead atoms. The lowest BCUT2D eigenvalue weighted by Crippen LogP contribution is -2.19. The molecule has 0 aliphatic heterocycles. The van der Waals surface area contributed by atoms with Crippen molar-refractivity contribution < 1.29 is 0 Å². The molecule has 90 valence electrons. The lowest BCUT2D eigenvalue weighted by atomic mass is 10.2. The number of aromatic nitrogens is 2. The van der Waals surface area contributed by atoms with Crippen LogP contribution in [0.25, 0.3) is 0 Å². The van der Waals surface area contributed by atoms with Gasteiger partial charge in [-0.3, -0.25) is 0 Å². The zero-order valence-corrected chi connectivity index (χ0v) is 10.7. The number of rotatable bonds is 6. The second-order valence-electron chi connectivity index (χ2n) is 5.12. The number of imidazole rings is 1. The molecule has 0 spiro atoms. The highest BCUT2D eigenvalue weighted by Gasteiger charge is 2.23. The summed E-state index contributed by atoms with van der Waals surface area (Å²) in [6.45, 7) is 7.58. The molecule has 0 radical (unpaired) electrons. The van der Waals surface area contributed by atoms with E-state index in [1.807, 2.05) is 0 Å². The zero-order valence-electron chi connectivity index (χ0n) is 10.7. The molecule has 1 fully saturated rings. The predicted octanol–water partition coefficient (Wildman–Crippen LogP) is 3.20. The Labute approximate surface area is 98.3 Å². The maximum absolute atomic E-state index is 4.55. The average molecular weight is 221 g/mol. The Morgan fingerprint density at radius 1 is 1.56 bits per heavy atom. The number of hydrogen-bond donors (Lipinski definition) is 1. The first-order valence-electron chi connectivity index (χ1n) is 6.49. The van der Waals surface area contributed by atoms with Crippen molar-refractivity contribution in [1.29, 1.82) is 0 Å². The lowest BCUT2D eigenvalue weighted by molar-refractivity contribution is 0.620. The van der Waals surface area contributed by atoms with E-state index in [9.17, 15) is 0 Å². The van der Waals surface area contributed by atoms with Gasteiger partial charge in [-0.25, -0.2) is 4.98 Å². The maximum Gasteiger partial charge on any atom is 0.203 e. The molecule has 1 saturated carbocycles. The van der Waals surface area contributed by atoms with Crippen LogP contribution < -0.4 is 5.32 Å². The van der Waals surface area contributed by atoms with E-state index in [1.165, 1.54) is 19.3 Å². The highest BCUT2D eigenvalue weighted by atomic mass is 15.2. The molecule has 0 saturated heterocycles. The molecule has 1 atom stereocenters. The molecule has 2 rings (SSSR count). The summed E-state index contributed by atoms with van der Waals surface area (Å²) in [4.78, 5) is 4.55. The van der Waals surface area contributed by atoms with Crippen molar-refractivity contribution in [2.24, 2.45) is 5.92 Å². The third-order valence-corrected chi connectivity index (χ3v) is 3.12. The standard InChI is InChI=1S/C13H23N3/c1-4-7-16-9-11(3)15-13(16)14-10(2)8-12-5-6-12/h9-10,12H,4-8H2,1-3H3,(H,14,15). The van der Waals surface area contributed by atoms with E-state index in [0.29, 0.717) is 6.04 Å². The average Bonchev–Trinajstić information content (AvgIpc) is 2.94. The minimum absolute atomic E-state index is 0.546. The molecule has 3 heteroatoms. The summed E-state index contributed by atoms with van der Waals surface area (Å²) in [7, 11) is 0. The van der Waals surface area contributed by atoms with Crippen molar-refractivity contribution >= 4 is 5.95 Å². The van der Waals surface area contributed by atoms with E-state index >= 15 is 0 Å². The molecule has 1 unspecified atom stereocenters. The van der Waals surface area contributed by atoms with Crippen LogP contribution >= 0.6 is 0 Å². The van der Waals surface area contributed by atoms with Crippen molar-refractivity contribution in [3.63, 3.8) is 0 Å². The van der Waals surface area contributed by atoms with Crippen LogP contribution in [0.4, 0.5) is 5.95 Å². The first-order chi connectivity index (χ1) is 7.69. The van der Waals surface area contributed by atoms with Gasteiger partial charge in [0.1, 0.15) is 0 Å². The molecule has 1 aromatic rings. The summed E-state index contributed by atoms with van der Waals surface area (Å²) < 4.78 is 2.23. The summed E-state index contributed by atoms with van der Waals surface area (Å²) in [5.74, 6) is 2.02. The Kier molecular flexibility index (Phi) is 3.52. The maximum atomic E-state index is 4.55. The highest BCUT2D eigenvalue weighted by Crippen LogP contribution is 2.34. The molecule has 0 aromatic carbocycles. The molecule has 0 amide bonds. The summed E-state index contributed by atoms with van der Waals surface area (Å²) in [6.07, 6.45) is 7.43. The van der Waals surface area contributed by atoms with Crippen LogP contribution in [0.5, 0.6) is 0 Å². The van der Waals surface area contributed by atoms with Crippen molar-refractivity contribution in [2.75, 3.05) is 5.32 Å². The summed E-state index contributed by atoms with van der Waals surface area (Å²) >= 11 is 0. The molecular weight excluding hydrogens is 198 g/mol. The van der Waals surface area contributed by atoms with Gasteiger partial charge in [-0.2, -0.15) is 0 Å². The van der Waals surface area contributed by atoms with E-state index in [-0.39, 0.29) is 0 Å². The Hall–Kier alpha value is -0.990. The second-order valence-corrected chi connectivity index (χ2v) is 5.12. The van der Waals surface area contributed by atoms with Gasteiger partial charge < -0.3 is 9.88 Å². The molecule has 1 aliphatic carbocycles. The minimum Gasteiger partial charge on any atom is -0.353 e. The first kappa shape index (κ1) is 11.5. The molecule has 16 heavy (non-hydrogen) atoms. The number of anilines is 1. The summed E-state index contributed by atoms with van der Waals surface area (Å²) in [5.41, 5.74) is 1.11. The van der Waals surface area contributed by atoms with Gasteiger partial charge in [0, 0.05) is 18.8 Å². The van der Waals surface area contributed by atoms with Crippen molar-refractivity contribution in [3.05, 3.63) is 11.9 Å². The van der Waals surface area contributed by atoms with Gasteiger partial charge in [0.25, 0.3) is 0 Å². The third kappa shape index (κ3) is 3.00. The van der Waals surface area contributed by atoms with Crippen LogP contribution in [-0.2, 0) is 6.54 Å². The number of nitrogens with zero attached hydrogens (tertiary/aromatic N) is 2. The topological polar surface area (TPSA) is 29.9 Å². The summed E-state index contributed by atoms with van der Waals surface area (Å²) in [5, 5.41) is 3.54. The van der Waals surface area contributed by atoms with Crippen molar-refractivity contribution in [2.45, 2.75) is 59.0 Å². The Morgan fingerprint density at radius 3 is 2.94 bits per heavy atom. The van der Waals surface area contributed by atoms with Gasteiger partial charge in [0.05, 0.1) is 5.69 Å². The van der Waals surface area contributed by atoms with Gasteiger partial charge in [-0.1, -0.05) is 19.8 Å². The minimum atomic E-state index is 0.546. The number of nitrogens with one attached hydrogen (secondary N) is 1. The highest BCUT2D eigenvalue weighted by molar-refractivity contribution is 5.30. The smallest absolute Gasteiger partial charge is 0.203 e. The molecule has 1 heterocycles. The fraction of sp³-hybridized carbons (Fsp3) is 0.769.